The van der Waals surface area contributed by atoms with Crippen LogP contribution in [0.25, 0.3) is 0 Å². The Morgan fingerprint density at radius 1 is 1.20 bits per heavy atom. The zero-order valence-electron chi connectivity index (χ0n) is 10.7. The van der Waals surface area contributed by atoms with Gasteiger partial charge in [-0.2, -0.15) is 0 Å². The summed E-state index contributed by atoms with van der Waals surface area (Å²) in [6, 6.07) is 8.83. The molecular formula is C15H13BrF2O2. The zero-order valence-corrected chi connectivity index (χ0v) is 12.3. The first-order valence-electron chi connectivity index (χ1n) is 6.02. The summed E-state index contributed by atoms with van der Waals surface area (Å²) in [4.78, 5) is 0. The van der Waals surface area contributed by atoms with E-state index in [0.29, 0.717) is 15.6 Å². The Balaban J connectivity index is 2.13. The first-order chi connectivity index (χ1) is 9.49. The number of hydrogen-bond acceptors (Lipinski definition) is 2. The molecule has 0 heterocycles. The fraction of sp³-hybridized carbons (Fsp3) is 0.200. The Bertz CT molecular complexity index is 615. The number of hydrogen-bond donors (Lipinski definition) is 1. The molecule has 0 aliphatic rings. The van der Waals surface area contributed by atoms with Crippen molar-refractivity contribution in [3.05, 3.63) is 63.6 Å². The van der Waals surface area contributed by atoms with Gasteiger partial charge in [0.15, 0.2) is 11.6 Å². The normalized spacial score (nSPS) is 12.2. The monoisotopic (exact) mass is 342 g/mol. The molecule has 0 amide bonds. The first-order valence-corrected chi connectivity index (χ1v) is 6.81. The highest BCUT2D eigenvalue weighted by Crippen LogP contribution is 2.25. The van der Waals surface area contributed by atoms with Crippen LogP contribution in [0, 0.1) is 11.6 Å². The second-order valence-corrected chi connectivity index (χ2v) is 5.16. The zero-order chi connectivity index (χ0) is 14.7. The maximum atomic E-state index is 13.8. The SMILES string of the molecule is C[C@H](O)c1ccc(OCc2cccc(F)c2Br)c(F)c1. The molecular weight excluding hydrogens is 330 g/mol. The lowest BCUT2D eigenvalue weighted by molar-refractivity contribution is 0.198. The van der Waals surface area contributed by atoms with Gasteiger partial charge in [-0.15, -0.1) is 0 Å². The Morgan fingerprint density at radius 2 is 1.95 bits per heavy atom. The van der Waals surface area contributed by atoms with E-state index in [1.165, 1.54) is 18.2 Å². The van der Waals surface area contributed by atoms with Crippen LogP contribution in [0.15, 0.2) is 40.9 Å². The van der Waals surface area contributed by atoms with E-state index in [0.717, 1.165) is 0 Å². The van der Waals surface area contributed by atoms with Crippen molar-refractivity contribution < 1.29 is 18.6 Å². The Hall–Kier alpha value is -1.46. The van der Waals surface area contributed by atoms with Gasteiger partial charge in [0.25, 0.3) is 0 Å². The summed E-state index contributed by atoms with van der Waals surface area (Å²) in [6.45, 7) is 1.60. The fourth-order valence-electron chi connectivity index (χ4n) is 1.71. The molecule has 1 atom stereocenters. The second-order valence-electron chi connectivity index (χ2n) is 4.37. The average Bonchev–Trinajstić information content (AvgIpc) is 2.41. The molecule has 1 N–H and O–H groups in total. The van der Waals surface area contributed by atoms with E-state index in [2.05, 4.69) is 15.9 Å². The summed E-state index contributed by atoms with van der Waals surface area (Å²) in [7, 11) is 0. The van der Waals surface area contributed by atoms with Crippen molar-refractivity contribution in [2.75, 3.05) is 0 Å². The number of rotatable bonds is 4. The molecule has 0 aliphatic heterocycles. The van der Waals surface area contributed by atoms with E-state index in [9.17, 15) is 13.9 Å². The van der Waals surface area contributed by atoms with E-state index in [4.69, 9.17) is 4.74 Å². The van der Waals surface area contributed by atoms with E-state index < -0.39 is 17.7 Å². The molecule has 0 saturated carbocycles. The fourth-order valence-corrected chi connectivity index (χ4v) is 2.09. The van der Waals surface area contributed by atoms with E-state index in [1.54, 1.807) is 25.1 Å². The average molecular weight is 343 g/mol. The van der Waals surface area contributed by atoms with Crippen molar-refractivity contribution in [2.24, 2.45) is 0 Å². The van der Waals surface area contributed by atoms with Gasteiger partial charge >= 0.3 is 0 Å². The molecule has 2 aromatic carbocycles. The highest BCUT2D eigenvalue weighted by atomic mass is 79.9. The molecule has 2 nitrogen and oxygen atoms in total. The van der Waals surface area contributed by atoms with E-state index in [1.807, 2.05) is 0 Å². The summed E-state index contributed by atoms with van der Waals surface area (Å²) in [5, 5.41) is 9.36. The van der Waals surface area contributed by atoms with Crippen LogP contribution in [0.1, 0.15) is 24.2 Å². The topological polar surface area (TPSA) is 29.5 Å². The highest BCUT2D eigenvalue weighted by Gasteiger charge is 2.10. The van der Waals surface area contributed by atoms with Crippen molar-refractivity contribution in [1.82, 2.24) is 0 Å². The van der Waals surface area contributed by atoms with Gasteiger partial charge in [-0.25, -0.2) is 8.78 Å². The molecule has 0 saturated heterocycles. The van der Waals surface area contributed by atoms with Crippen LogP contribution >= 0.6 is 15.9 Å². The van der Waals surface area contributed by atoms with Crippen molar-refractivity contribution in [2.45, 2.75) is 19.6 Å². The minimum Gasteiger partial charge on any atom is -0.486 e. The number of aliphatic hydroxyl groups excluding tert-OH is 1. The molecule has 0 radical (unpaired) electrons. The molecule has 0 aliphatic carbocycles. The van der Waals surface area contributed by atoms with Crippen LogP contribution in [0.5, 0.6) is 5.75 Å². The molecule has 5 heteroatoms. The lowest BCUT2D eigenvalue weighted by Crippen LogP contribution is -2.00. The summed E-state index contributed by atoms with van der Waals surface area (Å²) in [6.07, 6.45) is -0.740. The number of halogens is 3. The molecule has 0 unspecified atom stereocenters. The van der Waals surface area contributed by atoms with Crippen LogP contribution in [-0.4, -0.2) is 5.11 Å². The van der Waals surface area contributed by atoms with Gasteiger partial charge in [-0.1, -0.05) is 18.2 Å². The quantitative estimate of drug-likeness (QED) is 0.894. The highest BCUT2D eigenvalue weighted by molar-refractivity contribution is 9.10. The van der Waals surface area contributed by atoms with E-state index >= 15 is 0 Å². The lowest BCUT2D eigenvalue weighted by Gasteiger charge is -2.11. The summed E-state index contributed by atoms with van der Waals surface area (Å²) >= 11 is 3.12. The summed E-state index contributed by atoms with van der Waals surface area (Å²) in [5.74, 6) is -0.891. The van der Waals surface area contributed by atoms with Gasteiger partial charge in [0.05, 0.1) is 10.6 Å². The summed E-state index contributed by atoms with van der Waals surface area (Å²) in [5.41, 5.74) is 1.06. The molecule has 0 bridgehead atoms. The maximum Gasteiger partial charge on any atom is 0.165 e. The van der Waals surface area contributed by atoms with Gasteiger partial charge in [-0.3, -0.25) is 0 Å². The van der Waals surface area contributed by atoms with Gasteiger partial charge < -0.3 is 9.84 Å². The van der Waals surface area contributed by atoms with Gasteiger partial charge in [0.1, 0.15) is 12.4 Å². The number of aliphatic hydroxyl groups is 1. The Labute approximate surface area is 124 Å². The molecule has 0 fully saturated rings. The molecule has 106 valence electrons. The van der Waals surface area contributed by atoms with Crippen LogP contribution in [0.4, 0.5) is 8.78 Å². The minimum absolute atomic E-state index is 0.0449. The lowest BCUT2D eigenvalue weighted by atomic mass is 10.1. The standard InChI is InChI=1S/C15H13BrF2O2/c1-9(19)10-5-6-14(13(18)7-10)20-8-11-3-2-4-12(17)15(11)16/h2-7,9,19H,8H2,1H3/t9-/m0/s1. The maximum absolute atomic E-state index is 13.8. The van der Waals surface area contributed by atoms with Crippen LogP contribution in [0.3, 0.4) is 0 Å². The Morgan fingerprint density at radius 3 is 2.60 bits per heavy atom. The van der Waals surface area contributed by atoms with Crippen LogP contribution in [-0.2, 0) is 6.61 Å². The predicted octanol–water partition coefficient (Wildman–Crippen LogP) is 4.36. The third-order valence-corrected chi connectivity index (χ3v) is 3.74. The molecule has 0 aromatic heterocycles. The largest absolute Gasteiger partial charge is 0.486 e. The van der Waals surface area contributed by atoms with E-state index in [-0.39, 0.29) is 12.4 Å². The number of benzene rings is 2. The van der Waals surface area contributed by atoms with Crippen LogP contribution in [0.2, 0.25) is 0 Å². The molecule has 0 spiro atoms. The molecule has 2 aromatic rings. The van der Waals surface area contributed by atoms with Gasteiger partial charge in [-0.05, 0) is 46.6 Å². The van der Waals surface area contributed by atoms with Crippen LogP contribution < -0.4 is 4.74 Å². The van der Waals surface area contributed by atoms with Gasteiger partial charge in [0, 0.05) is 5.56 Å². The number of ether oxygens (including phenoxy) is 1. The third kappa shape index (κ3) is 3.35. The second kappa shape index (κ2) is 6.33. The van der Waals surface area contributed by atoms with Crippen molar-refractivity contribution in [3.63, 3.8) is 0 Å². The van der Waals surface area contributed by atoms with Crippen molar-refractivity contribution in [3.8, 4) is 5.75 Å². The molecule has 20 heavy (non-hydrogen) atoms. The smallest absolute Gasteiger partial charge is 0.165 e. The first kappa shape index (κ1) is 14.9. The minimum atomic E-state index is -0.740. The Kier molecular flexibility index (Phi) is 4.73. The van der Waals surface area contributed by atoms with Crippen molar-refractivity contribution >= 4 is 15.9 Å². The molecule has 2 rings (SSSR count). The summed E-state index contributed by atoms with van der Waals surface area (Å²) < 4.78 is 32.7. The van der Waals surface area contributed by atoms with Gasteiger partial charge in [0.2, 0.25) is 0 Å². The van der Waals surface area contributed by atoms with Crippen molar-refractivity contribution in [1.29, 1.82) is 0 Å². The third-order valence-electron chi connectivity index (χ3n) is 2.85. The predicted molar refractivity (Wildman–Crippen MR) is 75.5 cm³/mol.